The number of benzene rings is 2. The number of esters is 1. The number of nitrogen functional groups attached to an aromatic ring is 1. The van der Waals surface area contributed by atoms with Gasteiger partial charge in [0.1, 0.15) is 18.7 Å². The number of nitrogens with one attached hydrogen (secondary N) is 2. The summed E-state index contributed by atoms with van der Waals surface area (Å²) in [5.74, 6) is -1.52. The summed E-state index contributed by atoms with van der Waals surface area (Å²) >= 11 is 0. The Bertz CT molecular complexity index is 826. The maximum absolute atomic E-state index is 12.1. The molecule has 0 saturated heterocycles. The number of amides is 2. The number of carbonyl (C=O) groups excluding carboxylic acids is 3. The van der Waals surface area contributed by atoms with Crippen molar-refractivity contribution in [1.29, 1.82) is 0 Å². The third-order valence-electron chi connectivity index (χ3n) is 3.91. The highest BCUT2D eigenvalue weighted by Gasteiger charge is 2.20. The number of hydrogen-bond donors (Lipinski definition) is 4. The van der Waals surface area contributed by atoms with Crippen LogP contribution >= 0.6 is 0 Å². The molecule has 2 atom stereocenters. The van der Waals surface area contributed by atoms with Crippen LogP contribution in [0.3, 0.4) is 0 Å². The summed E-state index contributed by atoms with van der Waals surface area (Å²) in [6, 6.07) is 13.8. The van der Waals surface area contributed by atoms with Gasteiger partial charge in [-0.05, 0) is 30.7 Å². The van der Waals surface area contributed by atoms with Gasteiger partial charge >= 0.3 is 5.97 Å². The van der Waals surface area contributed by atoms with Gasteiger partial charge in [0.2, 0.25) is 5.91 Å². The third kappa shape index (κ3) is 6.40. The molecule has 0 aliphatic rings. The highest BCUT2D eigenvalue weighted by Crippen LogP contribution is 2.06. The maximum Gasteiger partial charge on any atom is 0.325 e. The Labute approximate surface area is 163 Å². The number of carbonyl (C=O) groups is 3. The van der Waals surface area contributed by atoms with E-state index < -0.39 is 29.9 Å². The van der Waals surface area contributed by atoms with Crippen LogP contribution in [0.2, 0.25) is 0 Å². The van der Waals surface area contributed by atoms with Crippen LogP contribution in [0.15, 0.2) is 54.6 Å². The molecule has 2 amide bonds. The van der Waals surface area contributed by atoms with Crippen molar-refractivity contribution in [3.63, 3.8) is 0 Å². The number of nitrogens with two attached hydrogens (primary N) is 2. The molecule has 0 saturated carbocycles. The van der Waals surface area contributed by atoms with Crippen LogP contribution in [0.25, 0.3) is 0 Å². The molecule has 2 aromatic rings. The largest absolute Gasteiger partial charge is 0.460 e. The Balaban J connectivity index is 1.75. The normalized spacial score (nSPS) is 12.5. The van der Waals surface area contributed by atoms with Crippen molar-refractivity contribution in [2.45, 2.75) is 25.6 Å². The minimum absolute atomic E-state index is 0.105. The lowest BCUT2D eigenvalue weighted by molar-refractivity contribution is -0.146. The Morgan fingerprint density at radius 3 is 2.46 bits per heavy atom. The monoisotopic (exact) mass is 384 g/mol. The molecular formula is C20H24N4O4. The Morgan fingerprint density at radius 1 is 1.07 bits per heavy atom. The lowest BCUT2D eigenvalue weighted by atomic mass is 10.1. The molecule has 6 N–H and O–H groups in total. The molecule has 0 unspecified atom stereocenters. The lowest BCUT2D eigenvalue weighted by Gasteiger charge is -2.16. The molecule has 0 aliphatic carbocycles. The molecule has 28 heavy (non-hydrogen) atoms. The van der Waals surface area contributed by atoms with Gasteiger partial charge in [-0.2, -0.15) is 0 Å². The van der Waals surface area contributed by atoms with Crippen molar-refractivity contribution in [1.82, 2.24) is 10.6 Å². The molecule has 8 heteroatoms. The second kappa shape index (κ2) is 10.1. The van der Waals surface area contributed by atoms with Crippen LogP contribution in [0, 0.1) is 0 Å². The van der Waals surface area contributed by atoms with Gasteiger partial charge in [-0.25, -0.2) is 0 Å². The Hall–Kier alpha value is -3.39. The summed E-state index contributed by atoms with van der Waals surface area (Å²) in [6.07, 6.45) is 0. The molecule has 0 aromatic heterocycles. The smallest absolute Gasteiger partial charge is 0.325 e. The Kier molecular flexibility index (Phi) is 7.53. The molecule has 8 nitrogen and oxygen atoms in total. The van der Waals surface area contributed by atoms with Crippen LogP contribution in [-0.2, 0) is 20.9 Å². The van der Waals surface area contributed by atoms with Crippen molar-refractivity contribution in [3.8, 4) is 0 Å². The first-order chi connectivity index (χ1) is 13.4. The van der Waals surface area contributed by atoms with E-state index in [1.807, 2.05) is 30.3 Å². The first-order valence-electron chi connectivity index (χ1n) is 8.77. The first kappa shape index (κ1) is 20.9. The van der Waals surface area contributed by atoms with Gasteiger partial charge in [-0.3, -0.25) is 14.4 Å². The van der Waals surface area contributed by atoms with Crippen molar-refractivity contribution in [2.24, 2.45) is 5.73 Å². The van der Waals surface area contributed by atoms with Crippen LogP contribution < -0.4 is 22.1 Å². The SMILES string of the molecule is C[C@@H](NC(=O)c1cccc(N)c1)C(=O)NC[C@H](N)C(=O)OCc1ccccc1. The average Bonchev–Trinajstić information content (AvgIpc) is 2.70. The number of anilines is 1. The molecule has 0 aliphatic heterocycles. The molecule has 0 heterocycles. The lowest BCUT2D eigenvalue weighted by Crippen LogP contribution is -2.49. The van der Waals surface area contributed by atoms with Gasteiger partial charge in [0, 0.05) is 17.8 Å². The van der Waals surface area contributed by atoms with E-state index in [1.165, 1.54) is 13.0 Å². The predicted octanol–water partition coefficient (Wildman–Crippen LogP) is 0.574. The topological polar surface area (TPSA) is 137 Å². The van der Waals surface area contributed by atoms with Gasteiger partial charge in [0.25, 0.3) is 5.91 Å². The van der Waals surface area contributed by atoms with E-state index in [4.69, 9.17) is 16.2 Å². The molecule has 0 fully saturated rings. The second-order valence-corrected chi connectivity index (χ2v) is 6.27. The third-order valence-corrected chi connectivity index (χ3v) is 3.91. The zero-order valence-corrected chi connectivity index (χ0v) is 15.6. The van der Waals surface area contributed by atoms with E-state index in [9.17, 15) is 14.4 Å². The molecule has 0 radical (unpaired) electrons. The summed E-state index contributed by atoms with van der Waals surface area (Å²) in [5, 5.41) is 5.08. The quantitative estimate of drug-likeness (QED) is 0.388. The second-order valence-electron chi connectivity index (χ2n) is 6.27. The fourth-order valence-electron chi connectivity index (χ4n) is 2.31. The average molecular weight is 384 g/mol. The summed E-state index contributed by atoms with van der Waals surface area (Å²) < 4.78 is 5.12. The first-order valence-corrected chi connectivity index (χ1v) is 8.77. The predicted molar refractivity (Wildman–Crippen MR) is 105 cm³/mol. The fourth-order valence-corrected chi connectivity index (χ4v) is 2.31. The van der Waals surface area contributed by atoms with Crippen molar-refractivity contribution in [2.75, 3.05) is 12.3 Å². The van der Waals surface area contributed by atoms with Gasteiger partial charge in [-0.15, -0.1) is 0 Å². The summed E-state index contributed by atoms with van der Waals surface area (Å²) in [4.78, 5) is 36.2. The van der Waals surface area contributed by atoms with E-state index >= 15 is 0 Å². The standard InChI is InChI=1S/C20H24N4O4/c1-13(24-19(26)15-8-5-9-16(21)10-15)18(25)23-11-17(22)20(27)28-12-14-6-3-2-4-7-14/h2-10,13,17H,11-12,21-22H2,1H3,(H,23,25)(H,24,26)/t13-,17+/m1/s1. The maximum atomic E-state index is 12.1. The van der Waals surface area contributed by atoms with Crippen molar-refractivity contribution < 1.29 is 19.1 Å². The minimum Gasteiger partial charge on any atom is -0.460 e. The molecule has 2 rings (SSSR count). The van der Waals surface area contributed by atoms with Crippen LogP contribution in [0.1, 0.15) is 22.8 Å². The highest BCUT2D eigenvalue weighted by atomic mass is 16.5. The van der Waals surface area contributed by atoms with Gasteiger partial charge in [-0.1, -0.05) is 36.4 Å². The molecule has 0 bridgehead atoms. The van der Waals surface area contributed by atoms with Crippen molar-refractivity contribution >= 4 is 23.5 Å². The van der Waals surface area contributed by atoms with E-state index in [0.717, 1.165) is 5.56 Å². The fraction of sp³-hybridized carbons (Fsp3) is 0.250. The van der Waals surface area contributed by atoms with E-state index in [0.29, 0.717) is 11.3 Å². The zero-order valence-electron chi connectivity index (χ0n) is 15.6. The van der Waals surface area contributed by atoms with E-state index in [-0.39, 0.29) is 13.2 Å². The molecular weight excluding hydrogens is 360 g/mol. The summed E-state index contributed by atoms with van der Waals surface area (Å²) in [6.45, 7) is 1.53. The molecule has 2 aromatic carbocycles. The Morgan fingerprint density at radius 2 is 1.79 bits per heavy atom. The minimum atomic E-state index is -1.01. The number of rotatable bonds is 8. The molecule has 0 spiro atoms. The van der Waals surface area contributed by atoms with Gasteiger partial charge in [0.15, 0.2) is 0 Å². The van der Waals surface area contributed by atoms with E-state index in [1.54, 1.807) is 18.2 Å². The zero-order chi connectivity index (χ0) is 20.5. The van der Waals surface area contributed by atoms with Crippen molar-refractivity contribution in [3.05, 3.63) is 65.7 Å². The van der Waals surface area contributed by atoms with Crippen LogP contribution in [-0.4, -0.2) is 36.4 Å². The van der Waals surface area contributed by atoms with Crippen LogP contribution in [0.5, 0.6) is 0 Å². The summed E-state index contributed by atoms with van der Waals surface area (Å²) in [5.41, 5.74) is 13.0. The highest BCUT2D eigenvalue weighted by molar-refractivity contribution is 5.98. The van der Waals surface area contributed by atoms with Gasteiger partial charge in [0.05, 0.1) is 0 Å². The number of hydrogen-bond acceptors (Lipinski definition) is 6. The van der Waals surface area contributed by atoms with Gasteiger partial charge < -0.3 is 26.8 Å². The summed E-state index contributed by atoms with van der Waals surface area (Å²) in [7, 11) is 0. The van der Waals surface area contributed by atoms with E-state index in [2.05, 4.69) is 10.6 Å². The number of ether oxygens (including phenoxy) is 1. The molecule has 148 valence electrons. The van der Waals surface area contributed by atoms with Crippen LogP contribution in [0.4, 0.5) is 5.69 Å².